The Morgan fingerprint density at radius 3 is 2.38 bits per heavy atom. The van der Waals surface area contributed by atoms with Gasteiger partial charge in [0, 0.05) is 28.8 Å². The zero-order valence-electron chi connectivity index (χ0n) is 10.4. The molecule has 0 aromatic heterocycles. The molecule has 0 aliphatic heterocycles. The molecule has 2 aromatic rings. The van der Waals surface area contributed by atoms with Gasteiger partial charge < -0.3 is 5.32 Å². The van der Waals surface area contributed by atoms with E-state index in [1.807, 2.05) is 0 Å². The minimum absolute atomic E-state index is 0.0173. The minimum Gasteiger partial charge on any atom is -0.381 e. The van der Waals surface area contributed by atoms with Crippen LogP contribution < -0.4 is 5.32 Å². The van der Waals surface area contributed by atoms with Crippen molar-refractivity contribution in [1.82, 2.24) is 0 Å². The van der Waals surface area contributed by atoms with Crippen LogP contribution in [-0.2, 0) is 6.54 Å². The summed E-state index contributed by atoms with van der Waals surface area (Å²) in [6, 6.07) is 7.40. The molecule has 8 heteroatoms. The highest BCUT2D eigenvalue weighted by molar-refractivity contribution is 9.10. The topological polar surface area (TPSA) is 55.2 Å². The first-order valence-corrected chi connectivity index (χ1v) is 7.24. The van der Waals surface area contributed by atoms with Crippen molar-refractivity contribution in [2.24, 2.45) is 0 Å². The smallest absolute Gasteiger partial charge is 0.270 e. The Labute approximate surface area is 138 Å². The Kier molecular flexibility index (Phi) is 5.03. The van der Waals surface area contributed by atoms with Crippen molar-refractivity contribution >= 4 is 50.5 Å². The number of nitro benzene ring substituents is 1. The summed E-state index contributed by atoms with van der Waals surface area (Å²) in [5.41, 5.74) is 1.19. The van der Waals surface area contributed by atoms with Gasteiger partial charge >= 0.3 is 0 Å². The second-order valence-corrected chi connectivity index (χ2v) is 5.91. The maximum absolute atomic E-state index is 13.3. The SMILES string of the molecule is O=[N+]([O-])c1cc(Br)cc(CNc2cc(Cl)c(F)c(Cl)c2)c1. The molecule has 0 saturated carbocycles. The molecule has 2 aromatic carbocycles. The lowest BCUT2D eigenvalue weighted by atomic mass is 10.2. The van der Waals surface area contributed by atoms with E-state index in [1.165, 1.54) is 24.3 Å². The molecule has 2 rings (SSSR count). The van der Waals surface area contributed by atoms with E-state index in [2.05, 4.69) is 21.2 Å². The third-order valence-electron chi connectivity index (χ3n) is 2.63. The van der Waals surface area contributed by atoms with E-state index in [0.29, 0.717) is 22.3 Å². The second kappa shape index (κ2) is 6.60. The van der Waals surface area contributed by atoms with Gasteiger partial charge in [-0.1, -0.05) is 39.1 Å². The molecule has 0 atom stereocenters. The standard InChI is InChI=1S/C13H8BrCl2FN2O2/c14-8-1-7(2-10(3-8)19(20)21)6-18-9-4-11(15)13(17)12(16)5-9/h1-5,18H,6H2. The lowest BCUT2D eigenvalue weighted by Gasteiger charge is -2.09. The average Bonchev–Trinajstić information content (AvgIpc) is 2.41. The van der Waals surface area contributed by atoms with Gasteiger partial charge in [0.15, 0.2) is 5.82 Å². The predicted molar refractivity (Wildman–Crippen MR) is 84.5 cm³/mol. The lowest BCUT2D eigenvalue weighted by Crippen LogP contribution is -2.01. The molecule has 4 nitrogen and oxygen atoms in total. The quantitative estimate of drug-likeness (QED) is 0.429. The van der Waals surface area contributed by atoms with Crippen LogP contribution in [0.3, 0.4) is 0 Å². The van der Waals surface area contributed by atoms with Crippen molar-refractivity contribution < 1.29 is 9.31 Å². The van der Waals surface area contributed by atoms with Gasteiger partial charge in [0.2, 0.25) is 0 Å². The van der Waals surface area contributed by atoms with Crippen molar-refractivity contribution in [2.45, 2.75) is 6.54 Å². The third-order valence-corrected chi connectivity index (χ3v) is 3.64. The number of hydrogen-bond donors (Lipinski definition) is 1. The fourth-order valence-corrected chi connectivity index (χ4v) is 2.72. The number of hydrogen-bond acceptors (Lipinski definition) is 3. The van der Waals surface area contributed by atoms with E-state index in [0.717, 1.165) is 0 Å². The van der Waals surface area contributed by atoms with Crippen LogP contribution in [0.15, 0.2) is 34.8 Å². The first-order valence-electron chi connectivity index (χ1n) is 5.69. The zero-order valence-corrected chi connectivity index (χ0v) is 13.5. The van der Waals surface area contributed by atoms with Gasteiger partial charge in [-0.05, 0) is 23.8 Å². The number of halogens is 4. The summed E-state index contributed by atoms with van der Waals surface area (Å²) in [6.07, 6.45) is 0. The summed E-state index contributed by atoms with van der Waals surface area (Å²) >= 11 is 14.6. The molecule has 0 amide bonds. The molecule has 0 radical (unpaired) electrons. The fourth-order valence-electron chi connectivity index (χ4n) is 1.70. The van der Waals surface area contributed by atoms with Gasteiger partial charge in [-0.25, -0.2) is 4.39 Å². The summed E-state index contributed by atoms with van der Waals surface area (Å²) in [6.45, 7) is 0.304. The van der Waals surface area contributed by atoms with E-state index < -0.39 is 10.7 Å². The maximum atomic E-state index is 13.3. The van der Waals surface area contributed by atoms with Gasteiger partial charge in [-0.2, -0.15) is 0 Å². The Balaban J connectivity index is 2.18. The van der Waals surface area contributed by atoms with Gasteiger partial charge in [0.05, 0.1) is 15.0 Å². The molecule has 0 saturated heterocycles. The first kappa shape index (κ1) is 16.0. The predicted octanol–water partition coefficient (Wildman–Crippen LogP) is 5.42. The molecule has 0 aliphatic rings. The Bertz CT molecular complexity index is 690. The van der Waals surface area contributed by atoms with Gasteiger partial charge in [0.1, 0.15) is 0 Å². The van der Waals surface area contributed by atoms with Crippen LogP contribution in [0, 0.1) is 15.9 Å². The highest BCUT2D eigenvalue weighted by Gasteiger charge is 2.10. The maximum Gasteiger partial charge on any atom is 0.270 e. The molecular weight excluding hydrogens is 386 g/mol. The highest BCUT2D eigenvalue weighted by atomic mass is 79.9. The number of nitrogens with one attached hydrogen (secondary N) is 1. The van der Waals surface area contributed by atoms with Crippen LogP contribution in [-0.4, -0.2) is 4.92 Å². The van der Waals surface area contributed by atoms with Gasteiger partial charge in [-0.3, -0.25) is 10.1 Å². The first-order chi connectivity index (χ1) is 9.86. The summed E-state index contributed by atoms with van der Waals surface area (Å²) in [5, 5.41) is 13.6. The number of benzene rings is 2. The van der Waals surface area contributed by atoms with Crippen molar-refractivity contribution in [1.29, 1.82) is 0 Å². The van der Waals surface area contributed by atoms with Crippen LogP contribution in [0.1, 0.15) is 5.56 Å². The molecule has 0 bridgehead atoms. The van der Waals surface area contributed by atoms with E-state index in [1.54, 1.807) is 6.07 Å². The van der Waals surface area contributed by atoms with E-state index >= 15 is 0 Å². The molecule has 1 N–H and O–H groups in total. The summed E-state index contributed by atoms with van der Waals surface area (Å²) in [4.78, 5) is 10.3. The summed E-state index contributed by atoms with van der Waals surface area (Å²) < 4.78 is 13.9. The van der Waals surface area contributed by atoms with Crippen molar-refractivity contribution in [3.8, 4) is 0 Å². The van der Waals surface area contributed by atoms with E-state index in [9.17, 15) is 14.5 Å². The minimum atomic E-state index is -0.679. The summed E-state index contributed by atoms with van der Waals surface area (Å²) in [7, 11) is 0. The van der Waals surface area contributed by atoms with Gasteiger partial charge in [0.25, 0.3) is 5.69 Å². The molecule has 21 heavy (non-hydrogen) atoms. The zero-order chi connectivity index (χ0) is 15.6. The largest absolute Gasteiger partial charge is 0.381 e. The molecule has 0 fully saturated rings. The van der Waals surface area contributed by atoms with Crippen LogP contribution in [0.2, 0.25) is 10.0 Å². The Hall–Kier alpha value is -1.37. The van der Waals surface area contributed by atoms with Crippen LogP contribution in [0.25, 0.3) is 0 Å². The lowest BCUT2D eigenvalue weighted by molar-refractivity contribution is -0.385. The number of rotatable bonds is 4. The highest BCUT2D eigenvalue weighted by Crippen LogP contribution is 2.28. The Morgan fingerprint density at radius 1 is 1.19 bits per heavy atom. The molecule has 0 unspecified atom stereocenters. The second-order valence-electron chi connectivity index (χ2n) is 4.18. The van der Waals surface area contributed by atoms with E-state index in [4.69, 9.17) is 23.2 Å². The van der Waals surface area contributed by atoms with Gasteiger partial charge in [-0.15, -0.1) is 0 Å². The molecule has 0 aliphatic carbocycles. The molecule has 0 spiro atoms. The van der Waals surface area contributed by atoms with Crippen LogP contribution in [0.4, 0.5) is 15.8 Å². The number of nitro groups is 1. The normalized spacial score (nSPS) is 10.5. The van der Waals surface area contributed by atoms with Crippen LogP contribution >= 0.6 is 39.1 Å². The molecule has 0 heterocycles. The number of non-ortho nitro benzene ring substituents is 1. The monoisotopic (exact) mass is 392 g/mol. The third kappa shape index (κ3) is 4.06. The van der Waals surface area contributed by atoms with Crippen molar-refractivity contribution in [3.05, 3.63) is 66.3 Å². The molecule has 110 valence electrons. The average molecular weight is 394 g/mol. The van der Waals surface area contributed by atoms with Crippen molar-refractivity contribution in [3.63, 3.8) is 0 Å². The van der Waals surface area contributed by atoms with E-state index in [-0.39, 0.29) is 15.7 Å². The fraction of sp³-hybridized carbons (Fsp3) is 0.0769. The van der Waals surface area contributed by atoms with Crippen LogP contribution in [0.5, 0.6) is 0 Å². The summed E-state index contributed by atoms with van der Waals surface area (Å²) in [5.74, 6) is -0.679. The Morgan fingerprint density at radius 2 is 1.81 bits per heavy atom. The van der Waals surface area contributed by atoms with Crippen molar-refractivity contribution in [2.75, 3.05) is 5.32 Å². The molecular formula is C13H8BrCl2FN2O2. The number of nitrogens with zero attached hydrogens (tertiary/aromatic N) is 1. The number of anilines is 1.